The molecule has 0 aromatic carbocycles. The van der Waals surface area contributed by atoms with Crippen LogP contribution in [0.25, 0.3) is 0 Å². The van der Waals surface area contributed by atoms with Gasteiger partial charge in [0.05, 0.1) is 17.7 Å². The fourth-order valence-corrected chi connectivity index (χ4v) is 6.47. The molecule has 2 unspecified atom stereocenters. The third kappa shape index (κ3) is 2.74. The van der Waals surface area contributed by atoms with Crippen LogP contribution in [0.15, 0.2) is 4.52 Å². The van der Waals surface area contributed by atoms with Crippen LogP contribution in [0.2, 0.25) is 0 Å². The third-order valence-electron chi connectivity index (χ3n) is 6.88. The number of rotatable bonds is 4. The molecule has 0 saturated heterocycles. The highest BCUT2D eigenvalue weighted by molar-refractivity contribution is 5.84. The molecule has 5 rings (SSSR count). The molecule has 4 aliphatic carbocycles. The van der Waals surface area contributed by atoms with Crippen molar-refractivity contribution in [3.8, 4) is 0 Å². The minimum absolute atomic E-state index is 0.0265. The zero-order chi connectivity index (χ0) is 18.7. The second-order valence-corrected chi connectivity index (χ2v) is 9.17. The monoisotopic (exact) mass is 359 g/mol. The molecule has 1 aromatic rings. The van der Waals surface area contributed by atoms with E-state index < -0.39 is 0 Å². The van der Waals surface area contributed by atoms with Crippen molar-refractivity contribution in [2.75, 3.05) is 7.05 Å². The van der Waals surface area contributed by atoms with Crippen LogP contribution in [0.3, 0.4) is 0 Å². The summed E-state index contributed by atoms with van der Waals surface area (Å²) in [5.41, 5.74) is 1.36. The van der Waals surface area contributed by atoms with Gasteiger partial charge in [0.15, 0.2) is 0 Å². The highest BCUT2D eigenvalue weighted by Gasteiger charge is 2.61. The standard InChI is InChI=1S/C20H29N3O3/c1-12-17(13(2)26-22-12)10-23(4)18(25)19-6-15-5-16(7-19)9-20(8-15,11-19)21-14(3)24/h15-16H,5-11H2,1-4H3,(H,21,24)/t15-,16+,19?,20?. The van der Waals surface area contributed by atoms with Gasteiger partial charge in [0.2, 0.25) is 11.8 Å². The van der Waals surface area contributed by atoms with Crippen LogP contribution in [0, 0.1) is 31.1 Å². The lowest BCUT2D eigenvalue weighted by Crippen LogP contribution is -2.65. The molecule has 26 heavy (non-hydrogen) atoms. The van der Waals surface area contributed by atoms with Gasteiger partial charge in [-0.25, -0.2) is 0 Å². The van der Waals surface area contributed by atoms with Gasteiger partial charge in [-0.3, -0.25) is 9.59 Å². The van der Waals surface area contributed by atoms with Crippen LogP contribution in [0.5, 0.6) is 0 Å². The Labute approximate surface area is 154 Å². The number of carbonyl (C=O) groups excluding carboxylic acids is 2. The van der Waals surface area contributed by atoms with E-state index in [1.807, 2.05) is 25.8 Å². The summed E-state index contributed by atoms with van der Waals surface area (Å²) in [6.07, 6.45) is 6.00. The van der Waals surface area contributed by atoms with Gasteiger partial charge < -0.3 is 14.7 Å². The molecule has 2 amide bonds. The van der Waals surface area contributed by atoms with Crippen molar-refractivity contribution in [2.45, 2.75) is 71.4 Å². The van der Waals surface area contributed by atoms with E-state index in [0.29, 0.717) is 18.4 Å². The maximum atomic E-state index is 13.5. The second-order valence-electron chi connectivity index (χ2n) is 9.17. The second kappa shape index (κ2) is 5.83. The Morgan fingerprint density at radius 2 is 1.88 bits per heavy atom. The number of amides is 2. The van der Waals surface area contributed by atoms with Gasteiger partial charge in [0.25, 0.3) is 0 Å². The molecule has 1 heterocycles. The van der Waals surface area contributed by atoms with Gasteiger partial charge in [-0.1, -0.05) is 5.16 Å². The topological polar surface area (TPSA) is 75.4 Å². The van der Waals surface area contributed by atoms with Gasteiger partial charge in [-0.15, -0.1) is 0 Å². The van der Waals surface area contributed by atoms with E-state index >= 15 is 0 Å². The molecular weight excluding hydrogens is 330 g/mol. The van der Waals surface area contributed by atoms with Crippen molar-refractivity contribution in [2.24, 2.45) is 17.3 Å². The molecule has 4 aliphatic rings. The van der Waals surface area contributed by atoms with E-state index in [4.69, 9.17) is 4.52 Å². The lowest BCUT2D eigenvalue weighted by Gasteiger charge is -2.61. The van der Waals surface area contributed by atoms with Crippen molar-refractivity contribution in [1.29, 1.82) is 0 Å². The Hall–Kier alpha value is -1.85. The van der Waals surface area contributed by atoms with E-state index in [-0.39, 0.29) is 22.8 Å². The Balaban J connectivity index is 1.58. The molecule has 4 atom stereocenters. The van der Waals surface area contributed by atoms with Crippen LogP contribution in [0.4, 0.5) is 0 Å². The summed E-state index contributed by atoms with van der Waals surface area (Å²) in [6, 6.07) is 0. The lowest BCUT2D eigenvalue weighted by atomic mass is 9.46. The number of aromatic nitrogens is 1. The highest BCUT2D eigenvalue weighted by Crippen LogP contribution is 2.62. The van der Waals surface area contributed by atoms with E-state index in [9.17, 15) is 9.59 Å². The Kier molecular flexibility index (Phi) is 3.93. The Morgan fingerprint density at radius 1 is 1.23 bits per heavy atom. The van der Waals surface area contributed by atoms with Crippen molar-refractivity contribution >= 4 is 11.8 Å². The minimum atomic E-state index is -0.319. The van der Waals surface area contributed by atoms with Gasteiger partial charge in [-0.2, -0.15) is 0 Å². The largest absolute Gasteiger partial charge is 0.361 e. The van der Waals surface area contributed by atoms with E-state index in [2.05, 4.69) is 10.5 Å². The molecule has 1 aromatic heterocycles. The smallest absolute Gasteiger partial charge is 0.228 e. The molecule has 0 radical (unpaired) electrons. The summed E-state index contributed by atoms with van der Waals surface area (Å²) < 4.78 is 5.25. The number of hydrogen-bond acceptors (Lipinski definition) is 4. The molecule has 1 N–H and O–H groups in total. The number of carbonyl (C=O) groups is 2. The van der Waals surface area contributed by atoms with Gasteiger partial charge >= 0.3 is 0 Å². The van der Waals surface area contributed by atoms with Crippen LogP contribution in [-0.2, 0) is 16.1 Å². The summed E-state index contributed by atoms with van der Waals surface area (Å²) >= 11 is 0. The third-order valence-corrected chi connectivity index (χ3v) is 6.88. The number of hydrogen-bond donors (Lipinski definition) is 1. The minimum Gasteiger partial charge on any atom is -0.361 e. The summed E-state index contributed by atoms with van der Waals surface area (Å²) in [6.45, 7) is 5.94. The summed E-state index contributed by atoms with van der Waals surface area (Å²) in [5.74, 6) is 2.14. The number of nitrogens with zero attached hydrogens (tertiary/aromatic N) is 2. The van der Waals surface area contributed by atoms with Gasteiger partial charge in [0, 0.05) is 25.1 Å². The first-order chi connectivity index (χ1) is 12.2. The van der Waals surface area contributed by atoms with Gasteiger partial charge in [0.1, 0.15) is 5.76 Å². The van der Waals surface area contributed by atoms with Crippen molar-refractivity contribution < 1.29 is 14.1 Å². The average Bonchev–Trinajstić information content (AvgIpc) is 2.83. The van der Waals surface area contributed by atoms with Gasteiger partial charge in [-0.05, 0) is 64.2 Å². The van der Waals surface area contributed by atoms with E-state index in [1.165, 1.54) is 6.42 Å². The van der Waals surface area contributed by atoms with Crippen LogP contribution >= 0.6 is 0 Å². The molecule has 6 heteroatoms. The molecular formula is C20H29N3O3. The van der Waals surface area contributed by atoms with Crippen LogP contribution < -0.4 is 5.32 Å². The first-order valence-electron chi connectivity index (χ1n) is 9.68. The normalized spacial score (nSPS) is 34.8. The quantitative estimate of drug-likeness (QED) is 0.897. The van der Waals surface area contributed by atoms with E-state index in [0.717, 1.165) is 49.1 Å². The maximum absolute atomic E-state index is 13.5. The van der Waals surface area contributed by atoms with Crippen molar-refractivity contribution in [3.05, 3.63) is 17.0 Å². The van der Waals surface area contributed by atoms with Crippen LogP contribution in [-0.4, -0.2) is 34.5 Å². The molecule has 4 fully saturated rings. The first kappa shape index (κ1) is 17.6. The summed E-state index contributed by atoms with van der Waals surface area (Å²) in [5, 5.41) is 7.24. The molecule has 142 valence electrons. The number of nitrogens with one attached hydrogen (secondary N) is 1. The zero-order valence-electron chi connectivity index (χ0n) is 16.2. The molecule has 4 bridgehead atoms. The maximum Gasteiger partial charge on any atom is 0.228 e. The first-order valence-corrected chi connectivity index (χ1v) is 9.68. The van der Waals surface area contributed by atoms with E-state index in [1.54, 1.807) is 6.92 Å². The molecule has 0 spiro atoms. The SMILES string of the molecule is CC(=O)NC12C[C@H]3C[C@@H](C1)CC(C(=O)N(C)Cc1c(C)noc1C)(C3)C2. The van der Waals surface area contributed by atoms with Crippen LogP contribution in [0.1, 0.15) is 62.5 Å². The molecule has 4 saturated carbocycles. The Bertz CT molecular complexity index is 720. The molecule has 0 aliphatic heterocycles. The Morgan fingerprint density at radius 3 is 2.42 bits per heavy atom. The number of aryl methyl sites for hydroxylation is 2. The fraction of sp³-hybridized carbons (Fsp3) is 0.750. The lowest BCUT2D eigenvalue weighted by molar-refractivity contribution is -0.162. The summed E-state index contributed by atoms with van der Waals surface area (Å²) in [7, 11) is 1.89. The molecule has 6 nitrogen and oxygen atoms in total. The predicted molar refractivity (Wildman–Crippen MR) is 96.1 cm³/mol. The predicted octanol–water partition coefficient (Wildman–Crippen LogP) is 2.72. The van der Waals surface area contributed by atoms with Crippen molar-refractivity contribution in [3.63, 3.8) is 0 Å². The zero-order valence-corrected chi connectivity index (χ0v) is 16.2. The fourth-order valence-electron chi connectivity index (χ4n) is 6.47. The van der Waals surface area contributed by atoms with Crippen molar-refractivity contribution in [1.82, 2.24) is 15.4 Å². The summed E-state index contributed by atoms with van der Waals surface area (Å²) in [4.78, 5) is 27.2. The highest BCUT2D eigenvalue weighted by atomic mass is 16.5. The average molecular weight is 359 g/mol.